The van der Waals surface area contributed by atoms with E-state index >= 15 is 0 Å². The number of piperidine rings is 1. The van der Waals surface area contributed by atoms with E-state index in [0.717, 1.165) is 37.6 Å². The van der Waals surface area contributed by atoms with Crippen LogP contribution in [0.15, 0.2) is 18.2 Å². The molecular weight excluding hydrogens is 332 g/mol. The molecule has 2 heterocycles. The summed E-state index contributed by atoms with van der Waals surface area (Å²) in [5.74, 6) is 1.42. The van der Waals surface area contributed by atoms with Gasteiger partial charge in [-0.3, -0.25) is 4.90 Å². The predicted molar refractivity (Wildman–Crippen MR) is 101 cm³/mol. The number of hydrogen-bond donors (Lipinski definition) is 1. The molecule has 0 saturated carbocycles. The summed E-state index contributed by atoms with van der Waals surface area (Å²) in [6.07, 6.45) is 3.55. The van der Waals surface area contributed by atoms with Gasteiger partial charge in [-0.05, 0) is 44.1 Å². The third kappa shape index (κ3) is 5.10. The van der Waals surface area contributed by atoms with Gasteiger partial charge in [-0.15, -0.1) is 0 Å². The highest BCUT2D eigenvalue weighted by atomic mass is 16.5. The SMILES string of the molecule is COc1ccc(OC)c(C(O)CN2CCOC(CN3CCCCC3)C2)c1. The first-order valence-electron chi connectivity index (χ1n) is 9.66. The largest absolute Gasteiger partial charge is 0.497 e. The van der Waals surface area contributed by atoms with Gasteiger partial charge in [-0.1, -0.05) is 6.42 Å². The number of β-amino-alcohol motifs (C(OH)–C–C–N with tert-alkyl or cyclic N) is 1. The topological polar surface area (TPSA) is 54.4 Å². The Morgan fingerprint density at radius 2 is 1.92 bits per heavy atom. The standard InChI is InChI=1S/C20H32N2O4/c1-24-16-6-7-20(25-2)18(12-16)19(23)15-22-10-11-26-17(14-22)13-21-8-4-3-5-9-21/h6-7,12,17,19,23H,3-5,8-11,13-15H2,1-2H3. The van der Waals surface area contributed by atoms with Gasteiger partial charge in [-0.2, -0.15) is 0 Å². The van der Waals surface area contributed by atoms with Crippen LogP contribution in [0.25, 0.3) is 0 Å². The average Bonchev–Trinajstić information content (AvgIpc) is 2.68. The first-order valence-corrected chi connectivity index (χ1v) is 9.66. The highest BCUT2D eigenvalue weighted by Gasteiger charge is 2.26. The summed E-state index contributed by atoms with van der Waals surface area (Å²) in [7, 11) is 3.26. The number of methoxy groups -OCH3 is 2. The summed E-state index contributed by atoms with van der Waals surface area (Å²) in [6, 6.07) is 5.55. The number of rotatable bonds is 7. The third-order valence-electron chi connectivity index (χ3n) is 5.36. The second-order valence-corrected chi connectivity index (χ2v) is 7.24. The summed E-state index contributed by atoms with van der Waals surface area (Å²) in [5.41, 5.74) is 0.769. The Hall–Kier alpha value is -1.34. The molecule has 146 valence electrons. The van der Waals surface area contributed by atoms with Gasteiger partial charge in [0.15, 0.2) is 0 Å². The highest BCUT2D eigenvalue weighted by molar-refractivity contribution is 5.41. The molecule has 0 aliphatic carbocycles. The minimum Gasteiger partial charge on any atom is -0.497 e. The smallest absolute Gasteiger partial charge is 0.124 e. The van der Waals surface area contributed by atoms with Gasteiger partial charge in [0, 0.05) is 31.7 Å². The minimum absolute atomic E-state index is 0.223. The fraction of sp³-hybridized carbons (Fsp3) is 0.700. The van der Waals surface area contributed by atoms with E-state index < -0.39 is 6.10 Å². The molecule has 2 aliphatic heterocycles. The van der Waals surface area contributed by atoms with Crippen LogP contribution in [0, 0.1) is 0 Å². The number of hydrogen-bond acceptors (Lipinski definition) is 6. The molecule has 0 bridgehead atoms. The second-order valence-electron chi connectivity index (χ2n) is 7.24. The number of likely N-dealkylation sites (tertiary alicyclic amines) is 1. The second kappa shape index (κ2) is 9.55. The van der Waals surface area contributed by atoms with Crippen molar-refractivity contribution < 1.29 is 19.3 Å². The molecule has 0 radical (unpaired) electrons. The zero-order valence-corrected chi connectivity index (χ0v) is 16.0. The van der Waals surface area contributed by atoms with Crippen molar-refractivity contribution >= 4 is 0 Å². The molecule has 0 aromatic heterocycles. The van der Waals surface area contributed by atoms with Crippen molar-refractivity contribution in [1.82, 2.24) is 9.80 Å². The van der Waals surface area contributed by atoms with E-state index in [1.165, 1.54) is 32.4 Å². The highest BCUT2D eigenvalue weighted by Crippen LogP contribution is 2.30. The molecule has 2 unspecified atom stereocenters. The predicted octanol–water partition coefficient (Wildman–Crippen LogP) is 1.92. The van der Waals surface area contributed by atoms with Crippen molar-refractivity contribution in [2.75, 3.05) is 60.1 Å². The summed E-state index contributed by atoms with van der Waals surface area (Å²) >= 11 is 0. The summed E-state index contributed by atoms with van der Waals surface area (Å²) in [4.78, 5) is 4.81. The lowest BCUT2D eigenvalue weighted by Crippen LogP contribution is -2.49. The van der Waals surface area contributed by atoms with Crippen molar-refractivity contribution in [3.05, 3.63) is 23.8 Å². The van der Waals surface area contributed by atoms with Crippen LogP contribution in [0.2, 0.25) is 0 Å². The Balaban J connectivity index is 1.57. The molecule has 1 N–H and O–H groups in total. The van der Waals surface area contributed by atoms with Crippen LogP contribution in [0.3, 0.4) is 0 Å². The van der Waals surface area contributed by atoms with E-state index in [-0.39, 0.29) is 6.10 Å². The molecule has 2 atom stereocenters. The van der Waals surface area contributed by atoms with Crippen LogP contribution in [-0.2, 0) is 4.74 Å². The Kier molecular flexibility index (Phi) is 7.14. The molecule has 2 fully saturated rings. The van der Waals surface area contributed by atoms with E-state index in [0.29, 0.717) is 12.3 Å². The number of nitrogens with zero attached hydrogens (tertiary/aromatic N) is 2. The van der Waals surface area contributed by atoms with E-state index in [9.17, 15) is 5.11 Å². The van der Waals surface area contributed by atoms with Crippen LogP contribution in [0.4, 0.5) is 0 Å². The average molecular weight is 364 g/mol. The monoisotopic (exact) mass is 364 g/mol. The van der Waals surface area contributed by atoms with Gasteiger partial charge < -0.3 is 24.2 Å². The number of aliphatic hydroxyl groups is 1. The molecule has 2 saturated heterocycles. The summed E-state index contributed by atoms with van der Waals surface area (Å²) in [6.45, 7) is 6.37. The van der Waals surface area contributed by atoms with Crippen LogP contribution in [0.5, 0.6) is 11.5 Å². The lowest BCUT2D eigenvalue weighted by molar-refractivity contribution is -0.0551. The van der Waals surface area contributed by atoms with Crippen molar-refractivity contribution in [3.63, 3.8) is 0 Å². The quantitative estimate of drug-likeness (QED) is 0.798. The van der Waals surface area contributed by atoms with E-state index in [2.05, 4.69) is 9.80 Å². The molecule has 1 aromatic rings. The number of morpholine rings is 1. The fourth-order valence-corrected chi connectivity index (χ4v) is 3.93. The van der Waals surface area contributed by atoms with Gasteiger partial charge in [0.2, 0.25) is 0 Å². The van der Waals surface area contributed by atoms with Gasteiger partial charge >= 0.3 is 0 Å². The van der Waals surface area contributed by atoms with Gasteiger partial charge in [-0.25, -0.2) is 0 Å². The van der Waals surface area contributed by atoms with E-state index in [1.807, 2.05) is 18.2 Å². The van der Waals surface area contributed by atoms with E-state index in [4.69, 9.17) is 14.2 Å². The Bertz CT molecular complexity index is 563. The molecule has 1 aromatic carbocycles. The normalized spacial score (nSPS) is 23.6. The van der Waals surface area contributed by atoms with Gasteiger partial charge in [0.1, 0.15) is 11.5 Å². The van der Waals surface area contributed by atoms with Crippen molar-refractivity contribution in [1.29, 1.82) is 0 Å². The molecule has 6 nitrogen and oxygen atoms in total. The maximum atomic E-state index is 10.8. The Labute approximate surface area is 156 Å². The van der Waals surface area contributed by atoms with Crippen LogP contribution < -0.4 is 9.47 Å². The number of benzene rings is 1. The first-order chi connectivity index (χ1) is 12.7. The molecule has 2 aliphatic rings. The number of ether oxygens (including phenoxy) is 3. The lowest BCUT2D eigenvalue weighted by Gasteiger charge is -2.37. The van der Waals surface area contributed by atoms with Crippen molar-refractivity contribution in [2.24, 2.45) is 0 Å². The molecule has 26 heavy (non-hydrogen) atoms. The zero-order chi connectivity index (χ0) is 18.4. The number of aliphatic hydroxyl groups excluding tert-OH is 1. The van der Waals surface area contributed by atoms with Crippen LogP contribution in [-0.4, -0.2) is 81.1 Å². The molecule has 0 spiro atoms. The lowest BCUT2D eigenvalue weighted by atomic mass is 10.1. The summed E-state index contributed by atoms with van der Waals surface area (Å²) < 4.78 is 16.7. The molecule has 3 rings (SSSR count). The van der Waals surface area contributed by atoms with Crippen LogP contribution >= 0.6 is 0 Å². The van der Waals surface area contributed by atoms with Gasteiger partial charge in [0.05, 0.1) is 33.0 Å². The van der Waals surface area contributed by atoms with Crippen LogP contribution in [0.1, 0.15) is 30.9 Å². The Morgan fingerprint density at radius 3 is 2.65 bits per heavy atom. The van der Waals surface area contributed by atoms with Crippen molar-refractivity contribution in [3.8, 4) is 11.5 Å². The molecule has 6 heteroatoms. The molecule has 0 amide bonds. The van der Waals surface area contributed by atoms with Crippen molar-refractivity contribution in [2.45, 2.75) is 31.5 Å². The third-order valence-corrected chi connectivity index (χ3v) is 5.36. The maximum Gasteiger partial charge on any atom is 0.124 e. The minimum atomic E-state index is -0.617. The van der Waals surface area contributed by atoms with E-state index in [1.54, 1.807) is 14.2 Å². The summed E-state index contributed by atoms with van der Waals surface area (Å²) in [5, 5.41) is 10.8. The Morgan fingerprint density at radius 1 is 1.12 bits per heavy atom. The first kappa shape index (κ1) is 19.4. The maximum absolute atomic E-state index is 10.8. The fourth-order valence-electron chi connectivity index (χ4n) is 3.93. The molecular formula is C20H32N2O4. The van der Waals surface area contributed by atoms with Gasteiger partial charge in [0.25, 0.3) is 0 Å². The zero-order valence-electron chi connectivity index (χ0n) is 16.0.